The number of benzene rings is 1. The summed E-state index contributed by atoms with van der Waals surface area (Å²) in [6, 6.07) is 4.87. The van der Waals surface area contributed by atoms with E-state index in [1.807, 2.05) is 0 Å². The molecule has 0 fully saturated rings. The van der Waals surface area contributed by atoms with Gasteiger partial charge in [0.25, 0.3) is 0 Å². The highest BCUT2D eigenvalue weighted by Gasteiger charge is 2.16. The summed E-state index contributed by atoms with van der Waals surface area (Å²) in [7, 11) is 0. The topological polar surface area (TPSA) is 72.6 Å². The van der Waals surface area contributed by atoms with Gasteiger partial charge in [0.1, 0.15) is 0 Å². The van der Waals surface area contributed by atoms with Crippen LogP contribution in [0.15, 0.2) is 18.2 Å². The van der Waals surface area contributed by atoms with Crippen LogP contribution in [0.3, 0.4) is 0 Å². The summed E-state index contributed by atoms with van der Waals surface area (Å²) in [5.41, 5.74) is 0.772. The van der Waals surface area contributed by atoms with Gasteiger partial charge in [-0.25, -0.2) is 0 Å². The van der Waals surface area contributed by atoms with Crippen molar-refractivity contribution in [1.82, 2.24) is 0 Å². The average molecular weight is 239 g/mol. The smallest absolute Gasteiger partial charge is 0.311 e. The monoisotopic (exact) mass is 239 g/mol. The van der Waals surface area contributed by atoms with Gasteiger partial charge >= 0.3 is 5.69 Å². The van der Waals surface area contributed by atoms with Gasteiger partial charge in [-0.3, -0.25) is 10.1 Å². The summed E-state index contributed by atoms with van der Waals surface area (Å²) < 4.78 is 5.45. The Balaban J connectivity index is 2.60. The molecule has 0 aromatic heterocycles. The predicted molar refractivity (Wildman–Crippen MR) is 64.3 cm³/mol. The molecule has 1 N–H and O–H groups in total. The number of para-hydroxylation sites is 1. The molecule has 94 valence electrons. The van der Waals surface area contributed by atoms with Crippen molar-refractivity contribution in [1.29, 1.82) is 0 Å². The first-order valence-electron chi connectivity index (χ1n) is 5.64. The molecule has 17 heavy (non-hydrogen) atoms. The van der Waals surface area contributed by atoms with E-state index in [-0.39, 0.29) is 12.3 Å². The number of aryl methyl sites for hydroxylation is 1. The van der Waals surface area contributed by atoms with Crippen LogP contribution in [0.25, 0.3) is 0 Å². The van der Waals surface area contributed by atoms with Crippen LogP contribution in [0.5, 0.6) is 5.75 Å². The van der Waals surface area contributed by atoms with Crippen molar-refractivity contribution in [3.05, 3.63) is 33.9 Å². The van der Waals surface area contributed by atoms with Gasteiger partial charge in [0.2, 0.25) is 0 Å². The lowest BCUT2D eigenvalue weighted by Crippen LogP contribution is -2.02. The minimum Gasteiger partial charge on any atom is -0.487 e. The van der Waals surface area contributed by atoms with Crippen molar-refractivity contribution in [2.24, 2.45) is 0 Å². The number of aliphatic hydroxyl groups is 1. The normalized spacial score (nSPS) is 10.2. The molecule has 0 heterocycles. The third kappa shape index (κ3) is 4.03. The Bertz CT molecular complexity index is 379. The van der Waals surface area contributed by atoms with Crippen LogP contribution in [-0.2, 0) is 0 Å². The Morgan fingerprint density at radius 3 is 2.76 bits per heavy atom. The lowest BCUT2D eigenvalue weighted by Gasteiger charge is -2.08. The Hall–Kier alpha value is -1.62. The van der Waals surface area contributed by atoms with Crippen LogP contribution in [0.2, 0.25) is 0 Å². The molecule has 5 heteroatoms. The van der Waals surface area contributed by atoms with Gasteiger partial charge in [-0.05, 0) is 31.7 Å². The molecule has 0 radical (unpaired) electrons. The van der Waals surface area contributed by atoms with E-state index in [4.69, 9.17) is 9.84 Å². The maximum atomic E-state index is 10.8. The summed E-state index contributed by atoms with van der Waals surface area (Å²) >= 11 is 0. The first-order valence-corrected chi connectivity index (χ1v) is 5.64. The molecule has 1 aromatic carbocycles. The van der Waals surface area contributed by atoms with Gasteiger partial charge in [0.15, 0.2) is 5.75 Å². The van der Waals surface area contributed by atoms with Gasteiger partial charge in [0, 0.05) is 12.7 Å². The van der Waals surface area contributed by atoms with Gasteiger partial charge in [0.05, 0.1) is 11.5 Å². The van der Waals surface area contributed by atoms with Crippen LogP contribution >= 0.6 is 0 Å². The Labute approximate surface area is 100 Å². The maximum absolute atomic E-state index is 10.8. The molecule has 0 amide bonds. The number of aliphatic hydroxyl groups excluding tert-OH is 1. The molecule has 0 saturated heterocycles. The molecule has 0 aliphatic rings. The first-order chi connectivity index (χ1) is 8.16. The third-order valence-corrected chi connectivity index (χ3v) is 2.44. The molecular formula is C12H17NO4. The number of nitro benzene ring substituents is 1. The van der Waals surface area contributed by atoms with Crippen LogP contribution in [0, 0.1) is 17.0 Å². The van der Waals surface area contributed by atoms with Gasteiger partial charge < -0.3 is 9.84 Å². The maximum Gasteiger partial charge on any atom is 0.311 e. The number of hydrogen-bond donors (Lipinski definition) is 1. The molecule has 1 aromatic rings. The fourth-order valence-electron chi connectivity index (χ4n) is 1.53. The molecular weight excluding hydrogens is 222 g/mol. The Morgan fingerprint density at radius 1 is 1.35 bits per heavy atom. The zero-order chi connectivity index (χ0) is 12.7. The standard InChI is InChI=1S/C12H17NO4/c1-10-6-5-7-11(13(15)16)12(10)17-9-4-2-3-8-14/h5-7,14H,2-4,8-9H2,1H3. The van der Waals surface area contributed by atoms with E-state index in [9.17, 15) is 10.1 Å². The minimum absolute atomic E-state index is 0.00663. The number of ether oxygens (including phenoxy) is 1. The lowest BCUT2D eigenvalue weighted by atomic mass is 10.2. The van der Waals surface area contributed by atoms with E-state index < -0.39 is 4.92 Å². The van der Waals surface area contributed by atoms with Crippen molar-refractivity contribution in [3.8, 4) is 5.75 Å². The minimum atomic E-state index is -0.434. The second-order valence-corrected chi connectivity index (χ2v) is 3.81. The quantitative estimate of drug-likeness (QED) is 0.450. The van der Waals surface area contributed by atoms with E-state index in [1.54, 1.807) is 19.1 Å². The van der Waals surface area contributed by atoms with Crippen molar-refractivity contribution in [3.63, 3.8) is 0 Å². The molecule has 5 nitrogen and oxygen atoms in total. The fourth-order valence-corrected chi connectivity index (χ4v) is 1.53. The second-order valence-electron chi connectivity index (χ2n) is 3.81. The largest absolute Gasteiger partial charge is 0.487 e. The van der Waals surface area contributed by atoms with Gasteiger partial charge in [-0.15, -0.1) is 0 Å². The van der Waals surface area contributed by atoms with E-state index in [1.165, 1.54) is 6.07 Å². The number of unbranched alkanes of at least 4 members (excludes halogenated alkanes) is 2. The number of rotatable bonds is 7. The van der Waals surface area contributed by atoms with E-state index in [2.05, 4.69) is 0 Å². The molecule has 0 saturated carbocycles. The Morgan fingerprint density at radius 2 is 2.12 bits per heavy atom. The average Bonchev–Trinajstić information content (AvgIpc) is 2.30. The number of nitrogens with zero attached hydrogens (tertiary/aromatic N) is 1. The van der Waals surface area contributed by atoms with Crippen molar-refractivity contribution in [2.75, 3.05) is 13.2 Å². The van der Waals surface area contributed by atoms with Crippen molar-refractivity contribution >= 4 is 5.69 Å². The van der Waals surface area contributed by atoms with Crippen LogP contribution in [0.4, 0.5) is 5.69 Å². The van der Waals surface area contributed by atoms with E-state index in [0.29, 0.717) is 12.4 Å². The molecule has 0 unspecified atom stereocenters. The highest BCUT2D eigenvalue weighted by Crippen LogP contribution is 2.30. The molecule has 0 aliphatic carbocycles. The molecule has 0 spiro atoms. The fraction of sp³-hybridized carbons (Fsp3) is 0.500. The zero-order valence-electron chi connectivity index (χ0n) is 9.89. The van der Waals surface area contributed by atoms with Crippen molar-refractivity contribution < 1.29 is 14.8 Å². The van der Waals surface area contributed by atoms with Crippen LogP contribution < -0.4 is 4.74 Å². The lowest BCUT2D eigenvalue weighted by molar-refractivity contribution is -0.385. The predicted octanol–water partition coefficient (Wildman–Crippen LogP) is 2.44. The van der Waals surface area contributed by atoms with Gasteiger partial charge in [-0.1, -0.05) is 12.1 Å². The molecule has 0 aliphatic heterocycles. The summed E-state index contributed by atoms with van der Waals surface area (Å²) in [5.74, 6) is 0.349. The van der Waals surface area contributed by atoms with Gasteiger partial charge in [-0.2, -0.15) is 0 Å². The molecule has 1 rings (SSSR count). The summed E-state index contributed by atoms with van der Waals surface area (Å²) in [5, 5.41) is 19.4. The summed E-state index contributed by atoms with van der Waals surface area (Å²) in [6.45, 7) is 2.40. The number of hydrogen-bond acceptors (Lipinski definition) is 4. The molecule has 0 bridgehead atoms. The SMILES string of the molecule is Cc1cccc([N+](=O)[O-])c1OCCCCCO. The first kappa shape index (κ1) is 13.4. The molecule has 0 atom stereocenters. The van der Waals surface area contributed by atoms with Crippen LogP contribution in [-0.4, -0.2) is 23.2 Å². The number of nitro groups is 1. The zero-order valence-corrected chi connectivity index (χ0v) is 9.89. The van der Waals surface area contributed by atoms with Crippen molar-refractivity contribution in [2.45, 2.75) is 26.2 Å². The second kappa shape index (κ2) is 6.85. The summed E-state index contributed by atoms with van der Waals surface area (Å²) in [6.07, 6.45) is 2.38. The third-order valence-electron chi connectivity index (χ3n) is 2.44. The van der Waals surface area contributed by atoms with E-state index >= 15 is 0 Å². The highest BCUT2D eigenvalue weighted by molar-refractivity contribution is 5.51. The summed E-state index contributed by atoms with van der Waals surface area (Å²) in [4.78, 5) is 10.4. The van der Waals surface area contributed by atoms with E-state index in [0.717, 1.165) is 24.8 Å². The Kier molecular flexibility index (Phi) is 5.42. The highest BCUT2D eigenvalue weighted by atomic mass is 16.6. The van der Waals surface area contributed by atoms with Crippen LogP contribution in [0.1, 0.15) is 24.8 Å².